The molecule has 0 bridgehead atoms. The molecule has 0 aromatic carbocycles. The van der Waals surface area contributed by atoms with E-state index in [0.29, 0.717) is 6.54 Å². The van der Waals surface area contributed by atoms with Gasteiger partial charge in [0.2, 0.25) is 5.91 Å². The minimum absolute atomic E-state index is 0.00487. The van der Waals surface area contributed by atoms with Crippen LogP contribution < -0.4 is 5.32 Å². The number of carbonyl (C=O) groups is 2. The van der Waals surface area contributed by atoms with Gasteiger partial charge in [0.1, 0.15) is 0 Å². The monoisotopic (exact) mass is 282 g/mol. The lowest BCUT2D eigenvalue weighted by atomic mass is 10.1. The molecule has 0 aliphatic carbocycles. The third-order valence-electron chi connectivity index (χ3n) is 2.97. The lowest BCUT2D eigenvalue weighted by molar-refractivity contribution is -0.121. The Hall–Kier alpha value is -1.82. The van der Waals surface area contributed by atoms with Crippen LogP contribution in [0, 0.1) is 5.92 Å². The molecule has 0 aliphatic heterocycles. The Balaban J connectivity index is 2.23. The van der Waals surface area contributed by atoms with Crippen molar-refractivity contribution < 1.29 is 19.1 Å². The standard InChI is InChI=1S/C14H22N2O4/c1-11(10-17)5-3-7-15-13(18)9-16(2)14(19)12-6-4-8-20-12/h4,6,8,11,17H,3,5,7,9-10H2,1-2H3,(H,15,18). The van der Waals surface area contributed by atoms with E-state index < -0.39 is 0 Å². The van der Waals surface area contributed by atoms with Crippen molar-refractivity contribution in [3.63, 3.8) is 0 Å². The molecule has 6 nitrogen and oxygen atoms in total. The summed E-state index contributed by atoms with van der Waals surface area (Å²) in [6, 6.07) is 3.19. The number of nitrogens with zero attached hydrogens (tertiary/aromatic N) is 1. The molecule has 0 aliphatic rings. The van der Waals surface area contributed by atoms with E-state index in [1.54, 1.807) is 19.2 Å². The van der Waals surface area contributed by atoms with Crippen LogP contribution >= 0.6 is 0 Å². The third kappa shape index (κ3) is 5.44. The fourth-order valence-electron chi connectivity index (χ4n) is 1.70. The van der Waals surface area contributed by atoms with E-state index in [1.807, 2.05) is 6.92 Å². The van der Waals surface area contributed by atoms with Gasteiger partial charge in [-0.3, -0.25) is 9.59 Å². The molecular weight excluding hydrogens is 260 g/mol. The molecule has 0 saturated carbocycles. The molecular formula is C14H22N2O4. The number of rotatable bonds is 8. The van der Waals surface area contributed by atoms with Crippen LogP contribution in [0.3, 0.4) is 0 Å². The maximum Gasteiger partial charge on any atom is 0.289 e. The van der Waals surface area contributed by atoms with E-state index in [0.717, 1.165) is 12.8 Å². The van der Waals surface area contributed by atoms with Crippen molar-refractivity contribution in [3.8, 4) is 0 Å². The highest BCUT2D eigenvalue weighted by atomic mass is 16.3. The van der Waals surface area contributed by atoms with Crippen molar-refractivity contribution in [2.45, 2.75) is 19.8 Å². The first kappa shape index (κ1) is 16.2. The van der Waals surface area contributed by atoms with Gasteiger partial charge in [-0.2, -0.15) is 0 Å². The zero-order valence-electron chi connectivity index (χ0n) is 12.0. The van der Waals surface area contributed by atoms with Crippen LogP contribution in [0.1, 0.15) is 30.3 Å². The highest BCUT2D eigenvalue weighted by molar-refractivity contribution is 5.94. The topological polar surface area (TPSA) is 82.8 Å². The number of hydrogen-bond acceptors (Lipinski definition) is 4. The molecule has 6 heteroatoms. The first-order valence-electron chi connectivity index (χ1n) is 6.71. The molecule has 2 N–H and O–H groups in total. The second kappa shape index (κ2) is 8.37. The van der Waals surface area contributed by atoms with Crippen molar-refractivity contribution in [3.05, 3.63) is 24.2 Å². The summed E-state index contributed by atoms with van der Waals surface area (Å²) in [5.74, 6) is -0.0599. The largest absolute Gasteiger partial charge is 0.459 e. The SMILES string of the molecule is CC(CO)CCCNC(=O)CN(C)C(=O)c1ccco1. The van der Waals surface area contributed by atoms with Gasteiger partial charge in [-0.05, 0) is 30.9 Å². The first-order valence-corrected chi connectivity index (χ1v) is 6.71. The van der Waals surface area contributed by atoms with Gasteiger partial charge in [-0.1, -0.05) is 6.92 Å². The van der Waals surface area contributed by atoms with Gasteiger partial charge in [-0.15, -0.1) is 0 Å². The van der Waals surface area contributed by atoms with E-state index in [4.69, 9.17) is 9.52 Å². The molecule has 0 saturated heterocycles. The fourth-order valence-corrected chi connectivity index (χ4v) is 1.70. The van der Waals surface area contributed by atoms with Crippen LogP contribution in [-0.4, -0.2) is 48.6 Å². The Labute approximate surface area is 118 Å². The molecule has 1 unspecified atom stereocenters. The zero-order valence-corrected chi connectivity index (χ0v) is 12.0. The average molecular weight is 282 g/mol. The number of aliphatic hydroxyl groups excluding tert-OH is 1. The summed E-state index contributed by atoms with van der Waals surface area (Å²) in [6.07, 6.45) is 3.09. The van der Waals surface area contributed by atoms with Crippen LogP contribution in [0.15, 0.2) is 22.8 Å². The summed E-state index contributed by atoms with van der Waals surface area (Å²) < 4.78 is 4.99. The Kier molecular flexibility index (Phi) is 6.79. The van der Waals surface area contributed by atoms with Gasteiger partial charge in [0, 0.05) is 20.2 Å². The molecule has 112 valence electrons. The van der Waals surface area contributed by atoms with Gasteiger partial charge >= 0.3 is 0 Å². The number of aliphatic hydroxyl groups is 1. The molecule has 1 heterocycles. The molecule has 1 aromatic rings. The van der Waals surface area contributed by atoms with E-state index in [2.05, 4.69) is 5.32 Å². The second-order valence-corrected chi connectivity index (χ2v) is 4.92. The number of amides is 2. The van der Waals surface area contributed by atoms with Crippen LogP contribution in [0.5, 0.6) is 0 Å². The van der Waals surface area contributed by atoms with Crippen molar-refractivity contribution in [1.82, 2.24) is 10.2 Å². The van der Waals surface area contributed by atoms with Crippen LogP contribution in [0.25, 0.3) is 0 Å². The van der Waals surface area contributed by atoms with E-state index >= 15 is 0 Å². The lowest BCUT2D eigenvalue weighted by Crippen LogP contribution is -2.38. The molecule has 0 spiro atoms. The van der Waals surface area contributed by atoms with Gasteiger partial charge in [0.05, 0.1) is 12.8 Å². The third-order valence-corrected chi connectivity index (χ3v) is 2.97. The molecule has 0 fully saturated rings. The van der Waals surface area contributed by atoms with Crippen molar-refractivity contribution >= 4 is 11.8 Å². The normalized spacial score (nSPS) is 11.9. The molecule has 0 radical (unpaired) electrons. The van der Waals surface area contributed by atoms with Gasteiger partial charge in [0.25, 0.3) is 5.91 Å². The second-order valence-electron chi connectivity index (χ2n) is 4.92. The van der Waals surface area contributed by atoms with Crippen molar-refractivity contribution in [2.24, 2.45) is 5.92 Å². The maximum absolute atomic E-state index is 11.8. The zero-order chi connectivity index (χ0) is 15.0. The van der Waals surface area contributed by atoms with Crippen molar-refractivity contribution in [2.75, 3.05) is 26.7 Å². The predicted molar refractivity (Wildman–Crippen MR) is 74.2 cm³/mol. The fraction of sp³-hybridized carbons (Fsp3) is 0.571. The van der Waals surface area contributed by atoms with E-state index in [1.165, 1.54) is 11.2 Å². The lowest BCUT2D eigenvalue weighted by Gasteiger charge is -2.15. The number of furan rings is 1. The predicted octanol–water partition coefficient (Wildman–Crippen LogP) is 0.876. The van der Waals surface area contributed by atoms with Crippen LogP contribution in [0.2, 0.25) is 0 Å². The smallest absolute Gasteiger partial charge is 0.289 e. The minimum atomic E-state index is -0.320. The summed E-state index contributed by atoms with van der Waals surface area (Å²) >= 11 is 0. The summed E-state index contributed by atoms with van der Waals surface area (Å²) in [4.78, 5) is 24.8. The molecule has 2 amide bonds. The van der Waals surface area contributed by atoms with E-state index in [9.17, 15) is 9.59 Å². The number of carbonyl (C=O) groups excluding carboxylic acids is 2. The van der Waals surface area contributed by atoms with Gasteiger partial charge < -0.3 is 19.7 Å². The average Bonchev–Trinajstić information content (AvgIpc) is 2.96. The Morgan fingerprint density at radius 1 is 1.50 bits per heavy atom. The number of nitrogens with one attached hydrogen (secondary N) is 1. The van der Waals surface area contributed by atoms with Gasteiger partial charge in [-0.25, -0.2) is 0 Å². The molecule has 1 aromatic heterocycles. The Morgan fingerprint density at radius 3 is 2.85 bits per heavy atom. The van der Waals surface area contributed by atoms with Gasteiger partial charge in [0.15, 0.2) is 5.76 Å². The molecule has 20 heavy (non-hydrogen) atoms. The Bertz CT molecular complexity index is 417. The number of likely N-dealkylation sites (N-methyl/N-ethyl adjacent to an activating group) is 1. The molecule has 1 atom stereocenters. The number of hydrogen-bond donors (Lipinski definition) is 2. The molecule has 1 rings (SSSR count). The van der Waals surface area contributed by atoms with Crippen LogP contribution in [-0.2, 0) is 4.79 Å². The quantitative estimate of drug-likeness (QED) is 0.693. The minimum Gasteiger partial charge on any atom is -0.459 e. The highest BCUT2D eigenvalue weighted by Crippen LogP contribution is 2.04. The maximum atomic E-state index is 11.8. The summed E-state index contributed by atoms with van der Waals surface area (Å²) in [5.41, 5.74) is 0. The summed E-state index contributed by atoms with van der Waals surface area (Å²) in [7, 11) is 1.55. The van der Waals surface area contributed by atoms with E-state index in [-0.39, 0.29) is 36.6 Å². The Morgan fingerprint density at radius 2 is 2.25 bits per heavy atom. The van der Waals surface area contributed by atoms with Crippen molar-refractivity contribution in [1.29, 1.82) is 0 Å². The summed E-state index contributed by atoms with van der Waals surface area (Å²) in [5, 5.41) is 11.6. The first-order chi connectivity index (χ1) is 9.54. The summed E-state index contributed by atoms with van der Waals surface area (Å²) in [6.45, 7) is 2.66. The highest BCUT2D eigenvalue weighted by Gasteiger charge is 2.16. The van der Waals surface area contributed by atoms with Crippen LogP contribution in [0.4, 0.5) is 0 Å².